The number of aromatic nitrogens is 2. The number of rotatable bonds is 2. The van der Waals surface area contributed by atoms with Crippen molar-refractivity contribution in [2.75, 3.05) is 0 Å². The molecule has 1 heterocycles. The number of nitrogens with zero attached hydrogens (tertiary/aromatic N) is 2. The minimum atomic E-state index is -1.61. The molecule has 3 rings (SSSR count). The fourth-order valence-corrected chi connectivity index (χ4v) is 2.54. The molecule has 0 atom stereocenters. The molecule has 0 spiro atoms. The molecule has 0 amide bonds. The highest BCUT2D eigenvalue weighted by atomic mass is 19.2. The van der Waals surface area contributed by atoms with Crippen LogP contribution < -0.4 is 0 Å². The molecule has 2 aromatic rings. The van der Waals surface area contributed by atoms with Crippen molar-refractivity contribution >= 4 is 5.97 Å². The molecule has 1 N–H and O–H groups in total. The molecular weight excluding hydrogens is 292 g/mol. The Labute approximate surface area is 115 Å². The van der Waals surface area contributed by atoms with Gasteiger partial charge in [0.25, 0.3) is 0 Å². The van der Waals surface area contributed by atoms with Crippen LogP contribution in [0.3, 0.4) is 0 Å². The minimum absolute atomic E-state index is 0.0933. The van der Waals surface area contributed by atoms with Gasteiger partial charge in [0, 0.05) is 17.3 Å². The second-order valence-corrected chi connectivity index (χ2v) is 4.66. The van der Waals surface area contributed by atoms with Gasteiger partial charge in [-0.25, -0.2) is 27.0 Å². The summed E-state index contributed by atoms with van der Waals surface area (Å²) in [6.45, 7) is 0. The van der Waals surface area contributed by atoms with Crippen LogP contribution in [0.25, 0.3) is 5.69 Å². The minimum Gasteiger partial charge on any atom is -0.476 e. The topological polar surface area (TPSA) is 55.1 Å². The molecule has 0 saturated heterocycles. The van der Waals surface area contributed by atoms with E-state index in [1.807, 2.05) is 0 Å². The van der Waals surface area contributed by atoms with E-state index in [4.69, 9.17) is 5.11 Å². The van der Waals surface area contributed by atoms with Crippen molar-refractivity contribution in [3.05, 3.63) is 46.3 Å². The summed E-state index contributed by atoms with van der Waals surface area (Å²) in [5.41, 5.74) is -0.787. The molecule has 1 aliphatic rings. The predicted octanol–water partition coefficient (Wildman–Crippen LogP) is 2.62. The third-order valence-electron chi connectivity index (χ3n) is 3.43. The zero-order chi connectivity index (χ0) is 15.3. The van der Waals surface area contributed by atoms with Crippen LogP contribution >= 0.6 is 0 Å². The number of hydrogen-bond acceptors (Lipinski definition) is 2. The van der Waals surface area contributed by atoms with Crippen molar-refractivity contribution in [3.63, 3.8) is 0 Å². The zero-order valence-electron chi connectivity index (χ0n) is 10.5. The molecule has 0 bridgehead atoms. The molecular formula is C13H8F4N2O2. The van der Waals surface area contributed by atoms with Crippen LogP contribution in [0.1, 0.15) is 28.2 Å². The van der Waals surface area contributed by atoms with Gasteiger partial charge >= 0.3 is 5.97 Å². The summed E-state index contributed by atoms with van der Waals surface area (Å²) in [4.78, 5) is 11.1. The average molecular weight is 300 g/mol. The Hall–Kier alpha value is -2.38. The maximum atomic E-state index is 13.8. The molecule has 110 valence electrons. The van der Waals surface area contributed by atoms with Crippen molar-refractivity contribution < 1.29 is 27.5 Å². The Morgan fingerprint density at radius 1 is 1.14 bits per heavy atom. The van der Waals surface area contributed by atoms with Crippen LogP contribution in [0, 0.1) is 23.3 Å². The third kappa shape index (κ3) is 1.90. The van der Waals surface area contributed by atoms with Crippen molar-refractivity contribution in [1.29, 1.82) is 0 Å². The van der Waals surface area contributed by atoms with E-state index in [1.54, 1.807) is 0 Å². The van der Waals surface area contributed by atoms with E-state index in [0.717, 1.165) is 0 Å². The Kier molecular flexibility index (Phi) is 2.96. The molecule has 1 aromatic heterocycles. The molecule has 0 radical (unpaired) electrons. The van der Waals surface area contributed by atoms with Crippen molar-refractivity contribution in [2.24, 2.45) is 0 Å². The first kappa shape index (κ1) is 13.6. The fraction of sp³-hybridized carbons (Fsp3) is 0.231. The second-order valence-electron chi connectivity index (χ2n) is 4.66. The van der Waals surface area contributed by atoms with E-state index in [9.17, 15) is 22.4 Å². The quantitative estimate of drug-likeness (QED) is 0.685. The van der Waals surface area contributed by atoms with Gasteiger partial charge in [-0.15, -0.1) is 0 Å². The van der Waals surface area contributed by atoms with Crippen LogP contribution in [0.5, 0.6) is 0 Å². The lowest BCUT2D eigenvalue weighted by atomic mass is 10.2. The Balaban J connectivity index is 2.33. The highest BCUT2D eigenvalue weighted by Crippen LogP contribution is 2.31. The van der Waals surface area contributed by atoms with Gasteiger partial charge in [-0.05, 0) is 19.3 Å². The van der Waals surface area contributed by atoms with E-state index in [0.29, 0.717) is 29.5 Å². The van der Waals surface area contributed by atoms with Crippen LogP contribution in [0.2, 0.25) is 0 Å². The lowest BCUT2D eigenvalue weighted by molar-refractivity contribution is 0.0688. The van der Waals surface area contributed by atoms with Gasteiger partial charge in [0.05, 0.1) is 0 Å². The number of halogens is 4. The second kappa shape index (κ2) is 4.57. The molecule has 0 unspecified atom stereocenters. The summed E-state index contributed by atoms with van der Waals surface area (Å²) < 4.78 is 54.9. The highest BCUT2D eigenvalue weighted by Gasteiger charge is 2.30. The number of carbonyl (C=O) groups is 1. The molecule has 0 fully saturated rings. The molecule has 4 nitrogen and oxygen atoms in total. The molecule has 21 heavy (non-hydrogen) atoms. The number of aromatic carboxylic acids is 1. The smallest absolute Gasteiger partial charge is 0.356 e. The van der Waals surface area contributed by atoms with Crippen molar-refractivity contribution in [1.82, 2.24) is 9.78 Å². The van der Waals surface area contributed by atoms with Crippen molar-refractivity contribution in [3.8, 4) is 5.69 Å². The van der Waals surface area contributed by atoms with E-state index in [1.165, 1.54) is 0 Å². The summed E-state index contributed by atoms with van der Waals surface area (Å²) in [5.74, 6) is -7.71. The molecule has 1 aromatic carbocycles. The first-order chi connectivity index (χ1) is 9.91. The van der Waals surface area contributed by atoms with Crippen LogP contribution in [0.15, 0.2) is 6.07 Å². The van der Waals surface area contributed by atoms with E-state index in [2.05, 4.69) is 5.10 Å². The molecule has 1 aliphatic carbocycles. The van der Waals surface area contributed by atoms with Crippen LogP contribution in [-0.4, -0.2) is 20.9 Å². The normalized spacial score (nSPS) is 13.5. The number of hydrogen-bond donors (Lipinski definition) is 1. The average Bonchev–Trinajstić information content (AvgIpc) is 2.99. The van der Waals surface area contributed by atoms with Gasteiger partial charge in [0.2, 0.25) is 0 Å². The number of carboxylic acids is 1. The van der Waals surface area contributed by atoms with E-state index < -0.39 is 34.9 Å². The summed E-state index contributed by atoms with van der Waals surface area (Å²) in [7, 11) is 0. The van der Waals surface area contributed by atoms with E-state index >= 15 is 0 Å². The lowest BCUT2D eigenvalue weighted by Crippen LogP contribution is -2.11. The van der Waals surface area contributed by atoms with Gasteiger partial charge in [-0.2, -0.15) is 5.10 Å². The van der Waals surface area contributed by atoms with Gasteiger partial charge in [-0.3, -0.25) is 0 Å². The summed E-state index contributed by atoms with van der Waals surface area (Å²) in [6.07, 6.45) is 1.29. The monoisotopic (exact) mass is 300 g/mol. The standard InChI is InChI=1S/C13H8F4N2O2/c14-6-4-7(15)10(17)12(9(6)16)19-8-3-1-2-5(8)11(18-19)13(20)21/h4H,1-3H2,(H,20,21). The Morgan fingerprint density at radius 3 is 2.33 bits per heavy atom. The SMILES string of the molecule is O=C(O)c1nn(-c2c(F)c(F)cc(F)c2F)c2c1CCC2. The zero-order valence-corrected chi connectivity index (χ0v) is 10.5. The highest BCUT2D eigenvalue weighted by molar-refractivity contribution is 5.87. The predicted molar refractivity (Wildman–Crippen MR) is 62.4 cm³/mol. The number of carboxylic acid groups (broad SMARTS) is 1. The Bertz CT molecular complexity index is 744. The maximum Gasteiger partial charge on any atom is 0.356 e. The van der Waals surface area contributed by atoms with Crippen molar-refractivity contribution in [2.45, 2.75) is 19.3 Å². The van der Waals surface area contributed by atoms with Gasteiger partial charge in [0.15, 0.2) is 29.0 Å². The summed E-state index contributed by atoms with van der Waals surface area (Å²) in [6, 6.07) is 0.0933. The largest absolute Gasteiger partial charge is 0.476 e. The molecule has 0 saturated carbocycles. The maximum absolute atomic E-state index is 13.8. The van der Waals surface area contributed by atoms with Gasteiger partial charge < -0.3 is 5.11 Å². The third-order valence-corrected chi connectivity index (χ3v) is 3.43. The lowest BCUT2D eigenvalue weighted by Gasteiger charge is -2.09. The summed E-state index contributed by atoms with van der Waals surface area (Å²) >= 11 is 0. The van der Waals surface area contributed by atoms with Gasteiger partial charge in [-0.1, -0.05) is 0 Å². The van der Waals surface area contributed by atoms with Crippen LogP contribution in [-0.2, 0) is 12.8 Å². The van der Waals surface area contributed by atoms with E-state index in [-0.39, 0.29) is 17.5 Å². The molecule has 0 aliphatic heterocycles. The first-order valence-electron chi connectivity index (χ1n) is 6.09. The fourth-order valence-electron chi connectivity index (χ4n) is 2.54. The Morgan fingerprint density at radius 2 is 1.76 bits per heavy atom. The first-order valence-corrected chi connectivity index (χ1v) is 6.09. The summed E-state index contributed by atoms with van der Waals surface area (Å²) in [5, 5.41) is 12.7. The van der Waals surface area contributed by atoms with Crippen LogP contribution in [0.4, 0.5) is 17.6 Å². The number of benzene rings is 1. The number of fused-ring (bicyclic) bond motifs is 1. The molecule has 8 heteroatoms. The van der Waals surface area contributed by atoms with Gasteiger partial charge in [0.1, 0.15) is 5.69 Å².